The van der Waals surface area contributed by atoms with Crippen molar-refractivity contribution in [1.82, 2.24) is 5.32 Å². The second kappa shape index (κ2) is 19.0. The average molecular weight is 382 g/mol. The van der Waals surface area contributed by atoms with Gasteiger partial charge in [0.05, 0.1) is 13.2 Å². The number of unbranched alkanes of at least 4 members (excludes halogenated alkanes) is 9. The van der Waals surface area contributed by atoms with Gasteiger partial charge in [-0.05, 0) is 19.3 Å². The highest BCUT2D eigenvalue weighted by Crippen LogP contribution is 2.10. The van der Waals surface area contributed by atoms with Crippen molar-refractivity contribution >= 4 is 12.1 Å². The average Bonchev–Trinajstić information content (AvgIpc) is 2.65. The van der Waals surface area contributed by atoms with Crippen LogP contribution in [0.1, 0.15) is 84.0 Å². The third-order valence-electron chi connectivity index (χ3n) is 4.28. The largest absolute Gasteiger partial charge is 0.464 e. The van der Waals surface area contributed by atoms with Crippen molar-refractivity contribution in [3.63, 3.8) is 0 Å². The van der Waals surface area contributed by atoms with Gasteiger partial charge in [0.15, 0.2) is 0 Å². The minimum atomic E-state index is -0.748. The van der Waals surface area contributed by atoms with Gasteiger partial charge in [-0.15, -0.1) is 13.2 Å². The number of alkyl carbamates (subject to hydrolysis) is 1. The molecule has 0 fully saturated rings. The molecule has 1 amide bonds. The lowest BCUT2D eigenvalue weighted by molar-refractivity contribution is -0.146. The summed E-state index contributed by atoms with van der Waals surface area (Å²) in [4.78, 5) is 23.8. The van der Waals surface area contributed by atoms with E-state index in [1.165, 1.54) is 51.4 Å². The van der Waals surface area contributed by atoms with Crippen molar-refractivity contribution in [2.75, 3.05) is 13.2 Å². The summed E-state index contributed by atoms with van der Waals surface area (Å²) in [5.41, 5.74) is 0. The molecule has 27 heavy (non-hydrogen) atoms. The van der Waals surface area contributed by atoms with E-state index in [1.807, 2.05) is 0 Å². The zero-order chi connectivity index (χ0) is 20.2. The highest BCUT2D eigenvalue weighted by molar-refractivity contribution is 5.81. The second-order valence-electron chi connectivity index (χ2n) is 6.78. The minimum absolute atomic E-state index is 0.240. The fraction of sp³-hybridized carbons (Fsp3) is 0.727. The number of hydrogen-bond donors (Lipinski definition) is 1. The first kappa shape index (κ1) is 25.2. The molecule has 156 valence electrons. The van der Waals surface area contributed by atoms with Crippen molar-refractivity contribution in [3.05, 3.63) is 25.3 Å². The number of amides is 1. The molecular weight excluding hydrogens is 342 g/mol. The summed E-state index contributed by atoms with van der Waals surface area (Å²) in [5.74, 6) is -0.438. The highest BCUT2D eigenvalue weighted by Gasteiger charge is 2.21. The van der Waals surface area contributed by atoms with Gasteiger partial charge in [0.25, 0.3) is 0 Å². The molecule has 0 aromatic heterocycles. The molecule has 1 N–H and O–H groups in total. The molecule has 0 aliphatic heterocycles. The molecule has 0 aliphatic rings. The molecule has 0 spiro atoms. The number of nitrogens with one attached hydrogen (secondary N) is 1. The summed E-state index contributed by atoms with van der Waals surface area (Å²) < 4.78 is 10.2. The first-order valence-electron chi connectivity index (χ1n) is 10.5. The predicted molar refractivity (Wildman–Crippen MR) is 111 cm³/mol. The van der Waals surface area contributed by atoms with Crippen LogP contribution in [-0.4, -0.2) is 31.3 Å². The van der Waals surface area contributed by atoms with Crippen molar-refractivity contribution in [3.8, 4) is 0 Å². The van der Waals surface area contributed by atoms with Crippen LogP contribution >= 0.6 is 0 Å². The molecule has 0 saturated heterocycles. The van der Waals surface area contributed by atoms with E-state index in [0.717, 1.165) is 12.8 Å². The number of rotatable bonds is 18. The molecular formula is C22H39NO4. The SMILES string of the molecule is C=CCCOC(=O)NC(CC=C)C(=O)OCCCCCCCCCCCC. The van der Waals surface area contributed by atoms with Gasteiger partial charge in [-0.3, -0.25) is 0 Å². The van der Waals surface area contributed by atoms with Crippen LogP contribution in [0.15, 0.2) is 25.3 Å². The topological polar surface area (TPSA) is 64.6 Å². The zero-order valence-electron chi connectivity index (χ0n) is 17.2. The van der Waals surface area contributed by atoms with Gasteiger partial charge in [-0.1, -0.05) is 76.9 Å². The smallest absolute Gasteiger partial charge is 0.407 e. The number of carbonyl (C=O) groups excluding carboxylic acids is 2. The first-order valence-corrected chi connectivity index (χ1v) is 10.5. The van der Waals surface area contributed by atoms with Crippen molar-refractivity contribution in [2.24, 2.45) is 0 Å². The van der Waals surface area contributed by atoms with E-state index in [1.54, 1.807) is 12.2 Å². The maximum atomic E-state index is 12.1. The fourth-order valence-electron chi connectivity index (χ4n) is 2.66. The lowest BCUT2D eigenvalue weighted by atomic mass is 10.1. The van der Waals surface area contributed by atoms with Crippen LogP contribution in [0, 0.1) is 0 Å². The maximum Gasteiger partial charge on any atom is 0.407 e. The summed E-state index contributed by atoms with van der Waals surface area (Å²) in [7, 11) is 0. The maximum absolute atomic E-state index is 12.1. The Bertz CT molecular complexity index is 409. The van der Waals surface area contributed by atoms with Crippen LogP contribution in [0.4, 0.5) is 4.79 Å². The third kappa shape index (κ3) is 16.1. The van der Waals surface area contributed by atoms with Crippen LogP contribution < -0.4 is 5.32 Å². The van der Waals surface area contributed by atoms with E-state index >= 15 is 0 Å². The van der Waals surface area contributed by atoms with Gasteiger partial charge in [-0.2, -0.15) is 0 Å². The molecule has 5 nitrogen and oxygen atoms in total. The van der Waals surface area contributed by atoms with E-state index in [9.17, 15) is 9.59 Å². The van der Waals surface area contributed by atoms with Gasteiger partial charge in [-0.25, -0.2) is 9.59 Å². The van der Waals surface area contributed by atoms with Crippen LogP contribution in [0.5, 0.6) is 0 Å². The van der Waals surface area contributed by atoms with Gasteiger partial charge in [0.2, 0.25) is 0 Å². The zero-order valence-corrected chi connectivity index (χ0v) is 17.2. The van der Waals surface area contributed by atoms with Gasteiger partial charge >= 0.3 is 12.1 Å². The Hall–Kier alpha value is -1.78. The van der Waals surface area contributed by atoms with Crippen molar-refractivity contribution in [2.45, 2.75) is 90.0 Å². The number of carbonyl (C=O) groups is 2. The molecule has 0 aromatic carbocycles. The quantitative estimate of drug-likeness (QED) is 0.188. The lowest BCUT2D eigenvalue weighted by Gasteiger charge is -2.16. The van der Waals surface area contributed by atoms with Crippen molar-refractivity contribution in [1.29, 1.82) is 0 Å². The van der Waals surface area contributed by atoms with Crippen LogP contribution in [0.25, 0.3) is 0 Å². The summed E-state index contributed by atoms with van der Waals surface area (Å²) in [5, 5.41) is 2.53. The molecule has 0 saturated carbocycles. The number of esters is 1. The molecule has 0 heterocycles. The summed E-state index contributed by atoms with van der Waals surface area (Å²) in [6.07, 6.45) is 15.8. The van der Waals surface area contributed by atoms with Gasteiger partial charge in [0.1, 0.15) is 6.04 Å². The van der Waals surface area contributed by atoms with Crippen molar-refractivity contribution < 1.29 is 19.1 Å². The van der Waals surface area contributed by atoms with E-state index in [4.69, 9.17) is 9.47 Å². The Labute approximate surface area is 165 Å². The minimum Gasteiger partial charge on any atom is -0.464 e. The Balaban J connectivity index is 3.77. The summed E-state index contributed by atoms with van der Waals surface area (Å²) >= 11 is 0. The second-order valence-corrected chi connectivity index (χ2v) is 6.78. The molecule has 5 heteroatoms. The lowest BCUT2D eigenvalue weighted by Crippen LogP contribution is -2.42. The van der Waals surface area contributed by atoms with E-state index < -0.39 is 18.1 Å². The van der Waals surface area contributed by atoms with E-state index in [0.29, 0.717) is 19.4 Å². The monoisotopic (exact) mass is 381 g/mol. The summed E-state index contributed by atoms with van der Waals surface area (Å²) in [6.45, 7) is 10.0. The molecule has 0 rings (SSSR count). The Morgan fingerprint density at radius 3 is 2.00 bits per heavy atom. The normalized spacial score (nSPS) is 11.4. The van der Waals surface area contributed by atoms with Crippen LogP contribution in [-0.2, 0) is 14.3 Å². The number of ether oxygens (including phenoxy) is 2. The third-order valence-corrected chi connectivity index (χ3v) is 4.28. The molecule has 0 radical (unpaired) electrons. The van der Waals surface area contributed by atoms with Gasteiger partial charge < -0.3 is 14.8 Å². The molecule has 0 aliphatic carbocycles. The molecule has 0 aromatic rings. The van der Waals surface area contributed by atoms with E-state index in [-0.39, 0.29) is 6.61 Å². The summed E-state index contributed by atoms with van der Waals surface area (Å²) in [6, 6.07) is -0.748. The Kier molecular flexibility index (Phi) is 17.7. The Morgan fingerprint density at radius 2 is 1.44 bits per heavy atom. The van der Waals surface area contributed by atoms with Crippen LogP contribution in [0.3, 0.4) is 0 Å². The number of hydrogen-bond acceptors (Lipinski definition) is 4. The van der Waals surface area contributed by atoms with Crippen LogP contribution in [0.2, 0.25) is 0 Å². The molecule has 0 bridgehead atoms. The van der Waals surface area contributed by atoms with E-state index in [2.05, 4.69) is 25.4 Å². The standard InChI is InChI=1S/C22H39NO4/c1-4-7-9-10-11-12-13-14-15-16-19-26-21(24)20(17-6-3)23-22(25)27-18-8-5-2/h5-6,20H,2-4,7-19H2,1H3,(H,23,25). The predicted octanol–water partition coefficient (Wildman–Crippen LogP) is 5.70. The fourth-order valence-corrected chi connectivity index (χ4v) is 2.66. The first-order chi connectivity index (χ1) is 13.2. The molecule has 1 unspecified atom stereocenters. The molecule has 1 atom stereocenters. The van der Waals surface area contributed by atoms with Gasteiger partial charge in [0, 0.05) is 0 Å². The highest BCUT2D eigenvalue weighted by atomic mass is 16.6. The Morgan fingerprint density at radius 1 is 0.852 bits per heavy atom.